The van der Waals surface area contributed by atoms with E-state index < -0.39 is 0 Å². The fraction of sp³-hybridized carbons (Fsp3) is 0.143. The molecule has 0 saturated carbocycles. The van der Waals surface area contributed by atoms with E-state index in [0.29, 0.717) is 0 Å². The van der Waals surface area contributed by atoms with Crippen LogP contribution in [0.2, 0.25) is 0 Å². The van der Waals surface area contributed by atoms with Gasteiger partial charge < -0.3 is 0 Å². The first-order valence-electron chi connectivity index (χ1n) is 10.2. The molecular formula is C28H21Br. The summed E-state index contributed by atoms with van der Waals surface area (Å²) in [5.74, 6) is 0. The highest BCUT2D eigenvalue weighted by Crippen LogP contribution is 2.62. The van der Waals surface area contributed by atoms with E-state index >= 15 is 0 Å². The van der Waals surface area contributed by atoms with E-state index in [-0.39, 0.29) is 10.8 Å². The summed E-state index contributed by atoms with van der Waals surface area (Å²) < 4.78 is 1.19. The van der Waals surface area contributed by atoms with Crippen molar-refractivity contribution in [3.63, 3.8) is 0 Å². The van der Waals surface area contributed by atoms with Crippen LogP contribution in [-0.2, 0) is 10.8 Å². The number of hydrogen-bond donors (Lipinski definition) is 0. The Hall–Kier alpha value is -2.64. The van der Waals surface area contributed by atoms with Crippen LogP contribution < -0.4 is 0 Å². The summed E-state index contributed by atoms with van der Waals surface area (Å²) in [6, 6.07) is 33.7. The highest BCUT2D eigenvalue weighted by Gasteiger charge is 2.53. The third-order valence-corrected chi connectivity index (χ3v) is 7.66. The monoisotopic (exact) mass is 436 g/mol. The molecule has 1 spiro atoms. The summed E-state index contributed by atoms with van der Waals surface area (Å²) in [6.07, 6.45) is 0. The molecule has 0 atom stereocenters. The van der Waals surface area contributed by atoms with Gasteiger partial charge in [0.1, 0.15) is 0 Å². The average molecular weight is 437 g/mol. The van der Waals surface area contributed by atoms with Gasteiger partial charge >= 0.3 is 0 Å². The first kappa shape index (κ1) is 17.2. The Morgan fingerprint density at radius 3 is 1.62 bits per heavy atom. The number of hydrogen-bond acceptors (Lipinski definition) is 0. The lowest BCUT2D eigenvalue weighted by Gasteiger charge is -2.47. The van der Waals surface area contributed by atoms with Gasteiger partial charge in [0.15, 0.2) is 0 Å². The fourth-order valence-corrected chi connectivity index (χ4v) is 6.78. The number of benzene rings is 4. The van der Waals surface area contributed by atoms with Crippen LogP contribution in [0.15, 0.2) is 95.5 Å². The van der Waals surface area contributed by atoms with Crippen molar-refractivity contribution in [3.8, 4) is 11.1 Å². The second-order valence-electron chi connectivity index (χ2n) is 8.67. The predicted molar refractivity (Wildman–Crippen MR) is 124 cm³/mol. The van der Waals surface area contributed by atoms with Gasteiger partial charge in [-0.25, -0.2) is 0 Å². The zero-order valence-electron chi connectivity index (χ0n) is 16.5. The average Bonchev–Trinajstić information content (AvgIpc) is 3.04. The summed E-state index contributed by atoms with van der Waals surface area (Å²) in [6.45, 7) is 4.71. The van der Waals surface area contributed by atoms with Gasteiger partial charge in [-0.1, -0.05) is 115 Å². The third-order valence-electron chi connectivity index (χ3n) is 7.00. The molecule has 0 aliphatic heterocycles. The molecule has 1 heteroatoms. The molecule has 6 rings (SSSR count). The minimum atomic E-state index is -0.279. The largest absolute Gasteiger partial charge is 0.0719 e. The second kappa shape index (κ2) is 5.70. The molecule has 29 heavy (non-hydrogen) atoms. The third kappa shape index (κ3) is 1.94. The summed E-state index contributed by atoms with van der Waals surface area (Å²) in [5, 5.41) is 0. The normalized spacial score (nSPS) is 16.7. The Labute approximate surface area is 180 Å². The Morgan fingerprint density at radius 1 is 0.517 bits per heavy atom. The van der Waals surface area contributed by atoms with E-state index in [9.17, 15) is 0 Å². The van der Waals surface area contributed by atoms with Crippen LogP contribution in [0.1, 0.15) is 47.2 Å². The number of fused-ring (bicyclic) bond motifs is 9. The molecule has 0 bridgehead atoms. The zero-order chi connectivity index (χ0) is 19.8. The SMILES string of the molecule is CC1(C)c2ccccc2C2(c3ccccc3-c3ccccc32)c2cccc(Br)c21. The second-order valence-corrected chi connectivity index (χ2v) is 9.53. The van der Waals surface area contributed by atoms with Gasteiger partial charge in [0.2, 0.25) is 0 Å². The molecule has 0 nitrogen and oxygen atoms in total. The van der Waals surface area contributed by atoms with Crippen LogP contribution in [0.25, 0.3) is 11.1 Å². The summed E-state index contributed by atoms with van der Waals surface area (Å²) in [5.41, 5.74) is 10.7. The molecule has 0 heterocycles. The van der Waals surface area contributed by atoms with E-state index in [4.69, 9.17) is 0 Å². The Kier molecular flexibility index (Phi) is 3.39. The number of rotatable bonds is 0. The first-order valence-corrected chi connectivity index (χ1v) is 11.0. The Balaban J connectivity index is 1.90. The lowest BCUT2D eigenvalue weighted by atomic mass is 9.55. The van der Waals surface area contributed by atoms with Crippen molar-refractivity contribution in [2.45, 2.75) is 24.7 Å². The van der Waals surface area contributed by atoms with Crippen molar-refractivity contribution in [1.29, 1.82) is 0 Å². The van der Waals surface area contributed by atoms with E-state index in [0.717, 1.165) is 0 Å². The molecule has 0 saturated heterocycles. The van der Waals surface area contributed by atoms with Gasteiger partial charge in [-0.05, 0) is 50.6 Å². The smallest absolute Gasteiger partial charge is 0.0619 e. The molecule has 0 aromatic heterocycles. The molecule has 0 radical (unpaired) electrons. The first-order chi connectivity index (χ1) is 14.1. The summed E-state index contributed by atoms with van der Waals surface area (Å²) in [7, 11) is 0. The van der Waals surface area contributed by atoms with Crippen LogP contribution >= 0.6 is 15.9 Å². The van der Waals surface area contributed by atoms with Crippen LogP contribution in [0.5, 0.6) is 0 Å². The summed E-state index contributed by atoms with van der Waals surface area (Å²) in [4.78, 5) is 0. The van der Waals surface area contributed by atoms with E-state index in [1.165, 1.54) is 49.0 Å². The van der Waals surface area contributed by atoms with Crippen LogP contribution in [0, 0.1) is 0 Å². The van der Waals surface area contributed by atoms with Gasteiger partial charge in [-0.2, -0.15) is 0 Å². The standard InChI is InChI=1S/C28H21Br/c1-27(2)22-14-7-8-15-23(22)28(24-16-9-17-25(29)26(24)27)20-12-5-3-10-18(20)19-11-4-6-13-21(19)28/h3-17H,1-2H3. The van der Waals surface area contributed by atoms with Gasteiger partial charge in [-0.3, -0.25) is 0 Å². The van der Waals surface area contributed by atoms with Gasteiger partial charge in [0.05, 0.1) is 5.41 Å². The lowest BCUT2D eigenvalue weighted by molar-refractivity contribution is 0.560. The fourth-order valence-electron chi connectivity index (χ4n) is 5.92. The van der Waals surface area contributed by atoms with Crippen molar-refractivity contribution >= 4 is 15.9 Å². The van der Waals surface area contributed by atoms with Gasteiger partial charge in [0, 0.05) is 9.89 Å². The summed E-state index contributed by atoms with van der Waals surface area (Å²) >= 11 is 3.92. The van der Waals surface area contributed by atoms with E-state index in [1.54, 1.807) is 0 Å². The Bertz CT molecular complexity index is 1250. The van der Waals surface area contributed by atoms with Crippen LogP contribution in [-0.4, -0.2) is 0 Å². The van der Waals surface area contributed by atoms with Gasteiger partial charge in [-0.15, -0.1) is 0 Å². The van der Waals surface area contributed by atoms with Crippen molar-refractivity contribution in [1.82, 2.24) is 0 Å². The van der Waals surface area contributed by atoms with Crippen molar-refractivity contribution in [3.05, 3.63) is 129 Å². The van der Waals surface area contributed by atoms with Crippen molar-refractivity contribution in [2.24, 2.45) is 0 Å². The zero-order valence-corrected chi connectivity index (χ0v) is 18.1. The molecule has 0 amide bonds. The van der Waals surface area contributed by atoms with Crippen LogP contribution in [0.3, 0.4) is 0 Å². The highest BCUT2D eigenvalue weighted by atomic mass is 79.9. The molecule has 4 aromatic rings. The molecule has 4 aromatic carbocycles. The Morgan fingerprint density at radius 2 is 1.00 bits per heavy atom. The van der Waals surface area contributed by atoms with E-state index in [1.807, 2.05) is 0 Å². The number of halogens is 1. The van der Waals surface area contributed by atoms with Crippen LogP contribution in [0.4, 0.5) is 0 Å². The maximum Gasteiger partial charge on any atom is 0.0719 e. The van der Waals surface area contributed by atoms with E-state index in [2.05, 4.69) is 121 Å². The molecule has 0 N–H and O–H groups in total. The molecule has 0 fully saturated rings. The maximum atomic E-state index is 3.92. The molecular weight excluding hydrogens is 416 g/mol. The maximum absolute atomic E-state index is 3.92. The predicted octanol–water partition coefficient (Wildman–Crippen LogP) is 7.45. The van der Waals surface area contributed by atoms with Crippen molar-refractivity contribution < 1.29 is 0 Å². The quantitative estimate of drug-likeness (QED) is 0.236. The van der Waals surface area contributed by atoms with Gasteiger partial charge in [0.25, 0.3) is 0 Å². The highest BCUT2D eigenvalue weighted by molar-refractivity contribution is 9.10. The van der Waals surface area contributed by atoms with Crippen molar-refractivity contribution in [2.75, 3.05) is 0 Å². The minimum Gasteiger partial charge on any atom is -0.0619 e. The molecule has 0 unspecified atom stereocenters. The molecule has 2 aliphatic rings. The molecule has 2 aliphatic carbocycles. The molecule has 140 valence electrons. The minimum absolute atomic E-state index is 0.0796. The topological polar surface area (TPSA) is 0 Å². The lowest BCUT2D eigenvalue weighted by Crippen LogP contribution is -2.41.